The van der Waals surface area contributed by atoms with E-state index in [9.17, 15) is 23.2 Å². The van der Waals surface area contributed by atoms with E-state index in [0.29, 0.717) is 11.1 Å². The van der Waals surface area contributed by atoms with Crippen LogP contribution in [0.3, 0.4) is 0 Å². The van der Waals surface area contributed by atoms with Crippen LogP contribution >= 0.6 is 0 Å². The van der Waals surface area contributed by atoms with E-state index in [1.807, 2.05) is 6.07 Å². The maximum absolute atomic E-state index is 13.1. The number of hydrogen-bond acceptors (Lipinski definition) is 3. The second-order valence-corrected chi connectivity index (χ2v) is 6.13. The first-order valence-electron chi connectivity index (χ1n) is 8.67. The summed E-state index contributed by atoms with van der Waals surface area (Å²) in [5, 5.41) is 4.78. The number of amides is 2. The van der Waals surface area contributed by atoms with Crippen LogP contribution in [0.4, 0.5) is 14.5 Å². The lowest BCUT2D eigenvalue weighted by molar-refractivity contribution is -0.115. The average molecular weight is 394 g/mol. The van der Waals surface area contributed by atoms with E-state index in [0.717, 1.165) is 12.1 Å². The summed E-state index contributed by atoms with van der Waals surface area (Å²) in [6.07, 6.45) is 0. The highest BCUT2D eigenvalue weighted by atomic mass is 19.2. The maximum atomic E-state index is 13.1. The minimum Gasteiger partial charge on any atom is -0.343 e. The van der Waals surface area contributed by atoms with Gasteiger partial charge in [-0.05, 0) is 24.3 Å². The number of benzene rings is 3. The number of carbonyl (C=O) groups excluding carboxylic acids is 3. The lowest BCUT2D eigenvalue weighted by atomic mass is 10.0. The summed E-state index contributed by atoms with van der Waals surface area (Å²) in [6.45, 7) is -0.359. The normalized spacial score (nSPS) is 10.3. The highest BCUT2D eigenvalue weighted by Gasteiger charge is 2.12. The molecule has 146 valence electrons. The quantitative estimate of drug-likeness (QED) is 0.628. The van der Waals surface area contributed by atoms with Gasteiger partial charge >= 0.3 is 0 Å². The summed E-state index contributed by atoms with van der Waals surface area (Å²) in [5.74, 6) is -3.38. The molecule has 0 aromatic heterocycles. The minimum atomic E-state index is -1.09. The minimum absolute atomic E-state index is 0.0759. The average Bonchev–Trinajstić information content (AvgIpc) is 2.75. The lowest BCUT2D eigenvalue weighted by Crippen LogP contribution is -2.32. The molecule has 29 heavy (non-hydrogen) atoms. The van der Waals surface area contributed by atoms with Gasteiger partial charge < -0.3 is 10.6 Å². The van der Waals surface area contributed by atoms with Crippen molar-refractivity contribution in [2.75, 3.05) is 11.9 Å². The molecule has 0 atom stereocenters. The van der Waals surface area contributed by atoms with Crippen LogP contribution in [-0.4, -0.2) is 24.1 Å². The van der Waals surface area contributed by atoms with Gasteiger partial charge in [0.1, 0.15) is 0 Å². The van der Waals surface area contributed by atoms with Crippen LogP contribution in [0.5, 0.6) is 0 Å². The van der Waals surface area contributed by atoms with Gasteiger partial charge in [0.25, 0.3) is 5.91 Å². The number of ketones is 1. The zero-order valence-electron chi connectivity index (χ0n) is 15.1. The lowest BCUT2D eigenvalue weighted by Gasteiger charge is -2.08. The maximum Gasteiger partial charge on any atom is 0.251 e. The van der Waals surface area contributed by atoms with Gasteiger partial charge in [0.15, 0.2) is 17.4 Å². The molecule has 0 aliphatic carbocycles. The van der Waals surface area contributed by atoms with Crippen LogP contribution < -0.4 is 10.6 Å². The number of anilines is 1. The third-order valence-electron chi connectivity index (χ3n) is 4.06. The fourth-order valence-corrected chi connectivity index (χ4v) is 2.57. The Morgan fingerprint density at radius 1 is 0.724 bits per heavy atom. The van der Waals surface area contributed by atoms with Crippen molar-refractivity contribution in [1.82, 2.24) is 5.32 Å². The zero-order valence-corrected chi connectivity index (χ0v) is 15.1. The molecule has 2 amide bonds. The molecule has 0 spiro atoms. The molecule has 0 saturated heterocycles. The van der Waals surface area contributed by atoms with Gasteiger partial charge in [-0.15, -0.1) is 0 Å². The van der Waals surface area contributed by atoms with E-state index in [1.54, 1.807) is 24.3 Å². The van der Waals surface area contributed by atoms with Crippen molar-refractivity contribution in [3.05, 3.63) is 101 Å². The van der Waals surface area contributed by atoms with E-state index < -0.39 is 23.4 Å². The molecule has 0 aliphatic rings. The van der Waals surface area contributed by atoms with Crippen molar-refractivity contribution in [1.29, 1.82) is 0 Å². The Hall–Kier alpha value is -3.87. The zero-order chi connectivity index (χ0) is 20.8. The molecule has 3 aromatic carbocycles. The van der Waals surface area contributed by atoms with Crippen LogP contribution in [0.15, 0.2) is 72.8 Å². The van der Waals surface area contributed by atoms with Gasteiger partial charge in [0.2, 0.25) is 5.91 Å². The summed E-state index contributed by atoms with van der Waals surface area (Å²) in [5.41, 5.74) is 1.32. The van der Waals surface area contributed by atoms with E-state index in [2.05, 4.69) is 10.6 Å². The molecule has 0 unspecified atom stereocenters. The monoisotopic (exact) mass is 394 g/mol. The van der Waals surface area contributed by atoms with Crippen LogP contribution in [-0.2, 0) is 4.79 Å². The first-order valence-corrected chi connectivity index (χ1v) is 8.67. The summed E-state index contributed by atoms with van der Waals surface area (Å²) in [6, 6.07) is 17.7. The number of halogens is 2. The van der Waals surface area contributed by atoms with E-state index in [1.165, 1.54) is 30.3 Å². The Kier molecular flexibility index (Phi) is 6.09. The summed E-state index contributed by atoms with van der Waals surface area (Å²) in [4.78, 5) is 36.4. The molecule has 3 aromatic rings. The molecule has 2 N–H and O–H groups in total. The molecule has 7 heteroatoms. The van der Waals surface area contributed by atoms with Gasteiger partial charge in [-0.25, -0.2) is 8.78 Å². The Labute approximate surface area is 165 Å². The second-order valence-electron chi connectivity index (χ2n) is 6.13. The van der Waals surface area contributed by atoms with E-state index in [-0.39, 0.29) is 23.6 Å². The number of nitrogens with one attached hydrogen (secondary N) is 2. The SMILES string of the molecule is O=C(CNC(=O)c1ccc(C(=O)c2ccccc2)cc1)Nc1ccc(F)c(F)c1. The molecule has 5 nitrogen and oxygen atoms in total. The number of carbonyl (C=O) groups is 3. The largest absolute Gasteiger partial charge is 0.343 e. The van der Waals surface area contributed by atoms with Gasteiger partial charge in [0.05, 0.1) is 6.54 Å². The van der Waals surface area contributed by atoms with Crippen LogP contribution in [0.25, 0.3) is 0 Å². The summed E-state index contributed by atoms with van der Waals surface area (Å²) < 4.78 is 26.0. The molecule has 0 aliphatic heterocycles. The standard InChI is InChI=1S/C22H16F2N2O3/c23-18-11-10-17(12-19(18)24)26-20(27)13-25-22(29)16-8-6-15(7-9-16)21(28)14-4-2-1-3-5-14/h1-12H,13H2,(H,25,29)(H,26,27). The van der Waals surface area contributed by atoms with Gasteiger partial charge in [0, 0.05) is 28.4 Å². The smallest absolute Gasteiger partial charge is 0.251 e. The third kappa shape index (κ3) is 5.10. The highest BCUT2D eigenvalue weighted by molar-refractivity contribution is 6.09. The van der Waals surface area contributed by atoms with Gasteiger partial charge in [-0.2, -0.15) is 0 Å². The molecule has 0 radical (unpaired) electrons. The van der Waals surface area contributed by atoms with Crippen molar-refractivity contribution in [3.63, 3.8) is 0 Å². The molecule has 0 fully saturated rings. The van der Waals surface area contributed by atoms with Crippen molar-refractivity contribution >= 4 is 23.3 Å². The highest BCUT2D eigenvalue weighted by Crippen LogP contribution is 2.13. The van der Waals surface area contributed by atoms with Crippen molar-refractivity contribution in [3.8, 4) is 0 Å². The summed E-state index contributed by atoms with van der Waals surface area (Å²) >= 11 is 0. The predicted molar refractivity (Wildman–Crippen MR) is 104 cm³/mol. The number of rotatable bonds is 6. The third-order valence-corrected chi connectivity index (χ3v) is 4.06. The Balaban J connectivity index is 1.56. The molecular formula is C22H16F2N2O3. The first-order chi connectivity index (χ1) is 13.9. The topological polar surface area (TPSA) is 75.3 Å². The Bertz CT molecular complexity index is 1050. The number of hydrogen-bond donors (Lipinski definition) is 2. The molecule has 0 saturated carbocycles. The molecule has 0 heterocycles. The second kappa shape index (κ2) is 8.88. The van der Waals surface area contributed by atoms with Crippen LogP contribution in [0.2, 0.25) is 0 Å². The van der Waals surface area contributed by atoms with Crippen LogP contribution in [0.1, 0.15) is 26.3 Å². The van der Waals surface area contributed by atoms with Crippen molar-refractivity contribution in [2.45, 2.75) is 0 Å². The van der Waals surface area contributed by atoms with Gasteiger partial charge in [-0.1, -0.05) is 42.5 Å². The van der Waals surface area contributed by atoms with E-state index in [4.69, 9.17) is 0 Å². The Morgan fingerprint density at radius 2 is 1.34 bits per heavy atom. The fraction of sp³-hybridized carbons (Fsp3) is 0.0455. The van der Waals surface area contributed by atoms with Gasteiger partial charge in [-0.3, -0.25) is 14.4 Å². The predicted octanol–water partition coefficient (Wildman–Crippen LogP) is 3.56. The van der Waals surface area contributed by atoms with Crippen LogP contribution in [0, 0.1) is 11.6 Å². The van der Waals surface area contributed by atoms with Crippen molar-refractivity contribution < 1.29 is 23.2 Å². The molecule has 0 bridgehead atoms. The fourth-order valence-electron chi connectivity index (χ4n) is 2.57. The Morgan fingerprint density at radius 3 is 2.00 bits per heavy atom. The molecular weight excluding hydrogens is 378 g/mol. The first kappa shape index (κ1) is 19.9. The summed E-state index contributed by atoms with van der Waals surface area (Å²) in [7, 11) is 0. The van der Waals surface area contributed by atoms with Crippen molar-refractivity contribution in [2.24, 2.45) is 0 Å². The van der Waals surface area contributed by atoms with E-state index >= 15 is 0 Å². The molecule has 3 rings (SSSR count).